The number of ether oxygens (including phenoxy) is 1. The van der Waals surface area contributed by atoms with E-state index in [0.717, 1.165) is 27.8 Å². The number of nitrogens with two attached hydrogens (primary N) is 1. The van der Waals surface area contributed by atoms with Crippen LogP contribution in [0.4, 0.5) is 17.1 Å². The summed E-state index contributed by atoms with van der Waals surface area (Å²) in [4.78, 5) is 4.56. The van der Waals surface area contributed by atoms with Gasteiger partial charge in [-0.25, -0.2) is 0 Å². The lowest BCUT2D eigenvalue weighted by molar-refractivity contribution is 0.272. The molecule has 0 radical (unpaired) electrons. The lowest BCUT2D eigenvalue weighted by atomic mass is 10.1. The number of fused-ring (bicyclic) bond motifs is 1. The van der Waals surface area contributed by atoms with Crippen molar-refractivity contribution in [1.82, 2.24) is 4.98 Å². The Bertz CT molecular complexity index is 1180. The lowest BCUT2D eigenvalue weighted by Gasteiger charge is -2.12. The van der Waals surface area contributed by atoms with E-state index < -0.39 is 0 Å². The summed E-state index contributed by atoms with van der Waals surface area (Å²) in [5, 5.41) is 10.7. The number of hydrogen-bond acceptors (Lipinski definition) is 5. The van der Waals surface area contributed by atoms with Crippen LogP contribution >= 0.6 is 0 Å². The summed E-state index contributed by atoms with van der Waals surface area (Å²) in [7, 11) is 0. The Morgan fingerprint density at radius 1 is 0.900 bits per heavy atom. The first-order valence-corrected chi connectivity index (χ1v) is 9.99. The minimum atomic E-state index is 0.455. The van der Waals surface area contributed by atoms with Gasteiger partial charge in [-0.2, -0.15) is 0 Å². The third-order valence-corrected chi connectivity index (χ3v) is 4.70. The number of nitrogens with zero attached hydrogens (tertiary/aromatic N) is 3. The Hall–Kier alpha value is -3.73. The predicted molar refractivity (Wildman–Crippen MR) is 123 cm³/mol. The quantitative estimate of drug-likeness (QED) is 0.283. The Morgan fingerprint density at radius 3 is 2.50 bits per heavy atom. The maximum atomic E-state index is 6.27. The van der Waals surface area contributed by atoms with Crippen molar-refractivity contribution in [2.45, 2.75) is 13.8 Å². The molecular formula is C25H24N4O. The molecule has 0 amide bonds. The number of pyridine rings is 1. The van der Waals surface area contributed by atoms with E-state index >= 15 is 0 Å². The number of nitrogen functional groups attached to an aromatic ring is 1. The first-order chi connectivity index (χ1) is 14.6. The molecule has 0 bridgehead atoms. The van der Waals surface area contributed by atoms with Crippen molar-refractivity contribution in [3.63, 3.8) is 0 Å². The molecule has 150 valence electrons. The molecule has 4 rings (SSSR count). The number of rotatable bonds is 6. The molecule has 0 unspecified atom stereocenters. The number of anilines is 1. The van der Waals surface area contributed by atoms with Crippen LogP contribution in [0.25, 0.3) is 22.0 Å². The molecule has 0 aliphatic rings. The van der Waals surface area contributed by atoms with E-state index in [4.69, 9.17) is 10.5 Å². The zero-order valence-electron chi connectivity index (χ0n) is 17.1. The SMILES string of the molecule is CC(C)COc1ccccc1-c1ccc(N=Nc2ccc3ccccc3c2N)cn1. The van der Waals surface area contributed by atoms with Crippen LogP contribution in [-0.4, -0.2) is 11.6 Å². The van der Waals surface area contributed by atoms with Crippen molar-refractivity contribution in [2.24, 2.45) is 16.1 Å². The molecule has 0 saturated carbocycles. The molecule has 1 aromatic heterocycles. The van der Waals surface area contributed by atoms with Crippen LogP contribution < -0.4 is 10.5 Å². The van der Waals surface area contributed by atoms with E-state index in [2.05, 4.69) is 29.1 Å². The molecule has 3 aromatic carbocycles. The topological polar surface area (TPSA) is 72.9 Å². The van der Waals surface area contributed by atoms with Gasteiger partial charge in [0.2, 0.25) is 0 Å². The van der Waals surface area contributed by atoms with Crippen molar-refractivity contribution in [3.8, 4) is 17.0 Å². The Kier molecular flexibility index (Phi) is 5.70. The van der Waals surface area contributed by atoms with E-state index in [-0.39, 0.29) is 0 Å². The fourth-order valence-electron chi connectivity index (χ4n) is 3.15. The molecule has 0 saturated heterocycles. The van der Waals surface area contributed by atoms with Gasteiger partial charge >= 0.3 is 0 Å². The Labute approximate surface area is 176 Å². The molecule has 0 atom stereocenters. The minimum Gasteiger partial charge on any atom is -0.493 e. The van der Waals surface area contributed by atoms with Crippen molar-refractivity contribution in [3.05, 3.63) is 79.0 Å². The van der Waals surface area contributed by atoms with E-state index in [1.165, 1.54) is 0 Å². The first kappa shape index (κ1) is 19.6. The highest BCUT2D eigenvalue weighted by molar-refractivity contribution is 5.97. The van der Waals surface area contributed by atoms with Crippen molar-refractivity contribution >= 4 is 27.8 Å². The van der Waals surface area contributed by atoms with Crippen LogP contribution in [0.3, 0.4) is 0 Å². The molecular weight excluding hydrogens is 372 g/mol. The molecule has 5 heteroatoms. The Morgan fingerprint density at radius 2 is 1.70 bits per heavy atom. The smallest absolute Gasteiger partial charge is 0.128 e. The number of para-hydroxylation sites is 1. The zero-order chi connectivity index (χ0) is 20.9. The molecule has 0 fully saturated rings. The second-order valence-corrected chi connectivity index (χ2v) is 7.52. The Balaban J connectivity index is 1.56. The summed E-state index contributed by atoms with van der Waals surface area (Å²) in [6.07, 6.45) is 1.70. The normalized spacial score (nSPS) is 11.4. The van der Waals surface area contributed by atoms with Crippen LogP contribution in [0.1, 0.15) is 13.8 Å². The van der Waals surface area contributed by atoms with Gasteiger partial charge in [-0.1, -0.05) is 56.3 Å². The largest absolute Gasteiger partial charge is 0.493 e. The molecule has 0 aliphatic carbocycles. The van der Waals surface area contributed by atoms with Crippen LogP contribution in [0.5, 0.6) is 5.75 Å². The van der Waals surface area contributed by atoms with Gasteiger partial charge in [0.1, 0.15) is 17.1 Å². The fraction of sp³-hybridized carbons (Fsp3) is 0.160. The molecule has 30 heavy (non-hydrogen) atoms. The van der Waals surface area contributed by atoms with Crippen LogP contribution in [0.15, 0.2) is 89.2 Å². The second kappa shape index (κ2) is 8.74. The highest BCUT2D eigenvalue weighted by Gasteiger charge is 2.08. The fourth-order valence-corrected chi connectivity index (χ4v) is 3.15. The summed E-state index contributed by atoms with van der Waals surface area (Å²) in [5.74, 6) is 1.29. The third kappa shape index (κ3) is 4.30. The van der Waals surface area contributed by atoms with E-state index in [0.29, 0.717) is 29.6 Å². The maximum absolute atomic E-state index is 6.27. The number of aromatic nitrogens is 1. The third-order valence-electron chi connectivity index (χ3n) is 4.70. The highest BCUT2D eigenvalue weighted by atomic mass is 16.5. The average Bonchev–Trinajstić information content (AvgIpc) is 2.78. The molecule has 0 spiro atoms. The summed E-state index contributed by atoms with van der Waals surface area (Å²) in [6, 6.07) is 23.6. The lowest BCUT2D eigenvalue weighted by Crippen LogP contribution is -2.05. The summed E-state index contributed by atoms with van der Waals surface area (Å²) < 4.78 is 5.94. The van der Waals surface area contributed by atoms with Gasteiger partial charge in [0.05, 0.1) is 24.2 Å². The summed E-state index contributed by atoms with van der Waals surface area (Å²) >= 11 is 0. The van der Waals surface area contributed by atoms with Gasteiger partial charge in [0.25, 0.3) is 0 Å². The van der Waals surface area contributed by atoms with Crippen LogP contribution in [0.2, 0.25) is 0 Å². The summed E-state index contributed by atoms with van der Waals surface area (Å²) in [5.41, 5.74) is 9.98. The predicted octanol–water partition coefficient (Wildman–Crippen LogP) is 6.93. The highest BCUT2D eigenvalue weighted by Crippen LogP contribution is 2.33. The number of azo groups is 1. The van der Waals surface area contributed by atoms with Gasteiger partial charge in [-0.15, -0.1) is 10.2 Å². The first-order valence-electron chi connectivity index (χ1n) is 9.99. The average molecular weight is 396 g/mol. The zero-order valence-corrected chi connectivity index (χ0v) is 17.1. The molecule has 5 nitrogen and oxygen atoms in total. The van der Waals surface area contributed by atoms with Gasteiger partial charge in [-0.3, -0.25) is 4.98 Å². The standard InChI is InChI=1S/C25H24N4O/c1-17(2)16-30-24-10-6-5-9-21(24)22-14-12-19(15-27-22)28-29-23-13-11-18-7-3-4-8-20(18)25(23)26/h3-15,17H,16,26H2,1-2H3. The molecule has 2 N–H and O–H groups in total. The second-order valence-electron chi connectivity index (χ2n) is 7.52. The molecule has 1 heterocycles. The van der Waals surface area contributed by atoms with Gasteiger partial charge in [0.15, 0.2) is 0 Å². The van der Waals surface area contributed by atoms with E-state index in [1.807, 2.05) is 72.8 Å². The minimum absolute atomic E-state index is 0.455. The van der Waals surface area contributed by atoms with Crippen molar-refractivity contribution < 1.29 is 4.74 Å². The maximum Gasteiger partial charge on any atom is 0.128 e. The van der Waals surface area contributed by atoms with Crippen LogP contribution in [0, 0.1) is 5.92 Å². The molecule has 0 aliphatic heterocycles. The van der Waals surface area contributed by atoms with Crippen molar-refractivity contribution in [1.29, 1.82) is 0 Å². The summed E-state index contributed by atoms with van der Waals surface area (Å²) in [6.45, 7) is 4.92. The van der Waals surface area contributed by atoms with Crippen LogP contribution in [-0.2, 0) is 0 Å². The van der Waals surface area contributed by atoms with Crippen molar-refractivity contribution in [2.75, 3.05) is 12.3 Å². The molecule has 4 aromatic rings. The van der Waals surface area contributed by atoms with E-state index in [1.54, 1.807) is 6.20 Å². The van der Waals surface area contributed by atoms with E-state index in [9.17, 15) is 0 Å². The number of hydrogen-bond donors (Lipinski definition) is 1. The van der Waals surface area contributed by atoms with Gasteiger partial charge in [-0.05, 0) is 41.6 Å². The number of benzene rings is 3. The van der Waals surface area contributed by atoms with Gasteiger partial charge < -0.3 is 10.5 Å². The monoisotopic (exact) mass is 396 g/mol. The van der Waals surface area contributed by atoms with Gasteiger partial charge in [0, 0.05) is 10.9 Å².